The van der Waals surface area contributed by atoms with Gasteiger partial charge in [-0.1, -0.05) is 25.1 Å². The Morgan fingerprint density at radius 2 is 2.08 bits per heavy atom. The van der Waals surface area contributed by atoms with Gasteiger partial charge in [-0.05, 0) is 66.7 Å². The lowest BCUT2D eigenvalue weighted by Crippen LogP contribution is -2.45. The molecule has 0 saturated heterocycles. The number of carbonyl (C=O) groups excluding carboxylic acids is 1. The molecule has 24 heavy (non-hydrogen) atoms. The first-order valence-corrected chi connectivity index (χ1v) is 9.05. The Hall–Kier alpha value is -1.61. The van der Waals surface area contributed by atoms with Crippen LogP contribution in [-0.4, -0.2) is 19.2 Å². The van der Waals surface area contributed by atoms with Crippen LogP contribution in [0.1, 0.15) is 50.2 Å². The molecule has 3 aliphatic rings. The van der Waals surface area contributed by atoms with Gasteiger partial charge in [0.25, 0.3) is 0 Å². The quantitative estimate of drug-likeness (QED) is 0.463. The van der Waals surface area contributed by atoms with E-state index in [1.54, 1.807) is 0 Å². The second-order valence-electron chi connectivity index (χ2n) is 7.87. The Morgan fingerprint density at radius 3 is 2.83 bits per heavy atom. The van der Waals surface area contributed by atoms with Crippen LogP contribution in [0.15, 0.2) is 30.4 Å². The number of methoxy groups -OCH3 is 1. The fraction of sp³-hybridized carbons (Fsp3) is 0.571. The second kappa shape index (κ2) is 5.73. The van der Waals surface area contributed by atoms with Gasteiger partial charge in [-0.25, -0.2) is 0 Å². The lowest BCUT2D eigenvalue weighted by molar-refractivity contribution is -0.131. The third-order valence-corrected chi connectivity index (χ3v) is 6.65. The minimum absolute atomic E-state index is 0.251. The average molecular weight is 326 g/mol. The van der Waals surface area contributed by atoms with Gasteiger partial charge in [0.05, 0.1) is 6.10 Å². The van der Waals surface area contributed by atoms with Crippen molar-refractivity contribution < 1.29 is 14.3 Å². The van der Waals surface area contributed by atoms with Crippen molar-refractivity contribution in [2.75, 3.05) is 7.11 Å². The van der Waals surface area contributed by atoms with Gasteiger partial charge >= 0.3 is 5.97 Å². The number of aryl methyl sites for hydroxylation is 1. The summed E-state index contributed by atoms with van der Waals surface area (Å²) in [5, 5.41) is 0. The topological polar surface area (TPSA) is 35.5 Å². The smallest absolute Gasteiger partial charge is 0.308 e. The normalized spacial score (nSPS) is 36.6. The van der Waals surface area contributed by atoms with Gasteiger partial charge in [0.15, 0.2) is 0 Å². The Labute approximate surface area is 144 Å². The zero-order chi connectivity index (χ0) is 16.9. The van der Waals surface area contributed by atoms with E-state index in [0.29, 0.717) is 23.5 Å². The van der Waals surface area contributed by atoms with Gasteiger partial charge in [-0.2, -0.15) is 0 Å². The molecule has 128 valence electrons. The zero-order valence-corrected chi connectivity index (χ0v) is 14.7. The molecule has 1 saturated carbocycles. The Kier molecular flexibility index (Phi) is 3.80. The van der Waals surface area contributed by atoms with E-state index in [0.717, 1.165) is 6.42 Å². The molecule has 0 heterocycles. The maximum absolute atomic E-state index is 11.2. The summed E-state index contributed by atoms with van der Waals surface area (Å²) in [5.41, 5.74) is 3.09. The number of rotatable bonds is 2. The molecular weight excluding hydrogens is 300 g/mol. The van der Waals surface area contributed by atoms with Crippen LogP contribution >= 0.6 is 0 Å². The zero-order valence-electron chi connectivity index (χ0n) is 14.7. The fourth-order valence-corrected chi connectivity index (χ4v) is 5.55. The predicted octanol–water partition coefficient (Wildman–Crippen LogP) is 4.26. The van der Waals surface area contributed by atoms with Crippen LogP contribution in [-0.2, 0) is 16.0 Å². The molecule has 0 spiro atoms. The molecule has 4 rings (SSSR count). The van der Waals surface area contributed by atoms with Crippen molar-refractivity contribution in [3.05, 3.63) is 41.5 Å². The van der Waals surface area contributed by atoms with Gasteiger partial charge in [0.1, 0.15) is 5.75 Å². The summed E-state index contributed by atoms with van der Waals surface area (Å²) < 4.78 is 11.0. The third kappa shape index (κ3) is 2.33. The minimum Gasteiger partial charge on any atom is -0.427 e. The van der Waals surface area contributed by atoms with Crippen LogP contribution < -0.4 is 4.74 Å². The Morgan fingerprint density at radius 1 is 1.25 bits per heavy atom. The highest BCUT2D eigenvalue weighted by Gasteiger charge is 2.52. The van der Waals surface area contributed by atoms with Crippen molar-refractivity contribution in [3.63, 3.8) is 0 Å². The second-order valence-corrected chi connectivity index (χ2v) is 7.87. The largest absolute Gasteiger partial charge is 0.427 e. The van der Waals surface area contributed by atoms with Crippen molar-refractivity contribution >= 4 is 5.97 Å². The molecule has 3 heteroatoms. The van der Waals surface area contributed by atoms with Gasteiger partial charge < -0.3 is 9.47 Å². The molecule has 3 aliphatic carbocycles. The number of benzene rings is 1. The number of fused-ring (bicyclic) bond motifs is 5. The lowest BCUT2D eigenvalue weighted by Gasteiger charge is -2.50. The fourth-order valence-electron chi connectivity index (χ4n) is 5.55. The van der Waals surface area contributed by atoms with E-state index in [-0.39, 0.29) is 17.5 Å². The van der Waals surface area contributed by atoms with Gasteiger partial charge in [0.2, 0.25) is 0 Å². The summed E-state index contributed by atoms with van der Waals surface area (Å²) in [6.07, 6.45) is 9.67. The molecule has 3 nitrogen and oxygen atoms in total. The van der Waals surface area contributed by atoms with Crippen LogP contribution in [0.2, 0.25) is 0 Å². The number of ether oxygens (including phenoxy) is 2. The summed E-state index contributed by atoms with van der Waals surface area (Å²) in [6, 6.07) is 6.22. The summed E-state index contributed by atoms with van der Waals surface area (Å²) in [6.45, 7) is 3.86. The number of hydrogen-bond acceptors (Lipinski definition) is 3. The number of carbonyl (C=O) groups is 1. The van der Waals surface area contributed by atoms with Crippen LogP contribution in [0.4, 0.5) is 0 Å². The number of hydrogen-bond donors (Lipinski definition) is 0. The molecule has 0 N–H and O–H groups in total. The molecule has 0 amide bonds. The maximum atomic E-state index is 11.2. The van der Waals surface area contributed by atoms with Crippen LogP contribution in [0.3, 0.4) is 0 Å². The van der Waals surface area contributed by atoms with Crippen molar-refractivity contribution in [1.82, 2.24) is 0 Å². The highest BCUT2D eigenvalue weighted by molar-refractivity contribution is 5.69. The first-order valence-electron chi connectivity index (χ1n) is 9.05. The molecular formula is C21H26O3. The Balaban J connectivity index is 1.63. The maximum Gasteiger partial charge on any atom is 0.308 e. The first-order chi connectivity index (χ1) is 11.5. The summed E-state index contributed by atoms with van der Waals surface area (Å²) >= 11 is 0. The van der Waals surface area contributed by atoms with Crippen LogP contribution in [0.5, 0.6) is 5.75 Å². The van der Waals surface area contributed by atoms with Gasteiger partial charge in [-0.3, -0.25) is 4.79 Å². The van der Waals surface area contributed by atoms with E-state index in [2.05, 4.69) is 31.2 Å². The molecule has 0 radical (unpaired) electrons. The molecule has 1 aromatic carbocycles. The monoisotopic (exact) mass is 326 g/mol. The molecule has 3 unspecified atom stereocenters. The third-order valence-electron chi connectivity index (χ3n) is 6.65. The first kappa shape index (κ1) is 15.9. The molecule has 0 bridgehead atoms. The minimum atomic E-state index is -0.251. The van der Waals surface area contributed by atoms with E-state index < -0.39 is 0 Å². The average Bonchev–Trinajstić information content (AvgIpc) is 2.90. The van der Waals surface area contributed by atoms with Gasteiger partial charge in [0, 0.05) is 19.4 Å². The van der Waals surface area contributed by atoms with Crippen LogP contribution in [0, 0.1) is 17.3 Å². The molecule has 1 aromatic rings. The predicted molar refractivity (Wildman–Crippen MR) is 93.1 cm³/mol. The SMILES string of the molecule is CO[C@H]1C=CC2C3CCc4cc(OC(C)=O)ccc4C3CC[C@@]21C. The standard InChI is InChI=1S/C21H26O3/c1-13(22)24-15-5-7-16-14(12-15)4-6-18-17(16)10-11-21(2)19(18)8-9-20(21)23-3/h5,7-9,12,17-20H,4,6,10-11H2,1-3H3/t17?,18?,19?,20-,21-/m0/s1. The summed E-state index contributed by atoms with van der Waals surface area (Å²) in [5.74, 6) is 2.37. The summed E-state index contributed by atoms with van der Waals surface area (Å²) in [7, 11) is 1.83. The van der Waals surface area contributed by atoms with Crippen molar-refractivity contribution in [2.24, 2.45) is 17.3 Å². The van der Waals surface area contributed by atoms with Crippen LogP contribution in [0.25, 0.3) is 0 Å². The summed E-state index contributed by atoms with van der Waals surface area (Å²) in [4.78, 5) is 11.2. The van der Waals surface area contributed by atoms with E-state index in [1.807, 2.05) is 13.2 Å². The molecule has 0 aromatic heterocycles. The highest BCUT2D eigenvalue weighted by atomic mass is 16.5. The van der Waals surface area contributed by atoms with E-state index in [1.165, 1.54) is 37.3 Å². The highest BCUT2D eigenvalue weighted by Crippen LogP contribution is 2.59. The van der Waals surface area contributed by atoms with Crippen molar-refractivity contribution in [3.8, 4) is 5.75 Å². The van der Waals surface area contributed by atoms with E-state index in [9.17, 15) is 4.79 Å². The number of allylic oxidation sites excluding steroid dienone is 1. The van der Waals surface area contributed by atoms with Crippen molar-refractivity contribution in [2.45, 2.75) is 51.6 Å². The Bertz CT molecular complexity index is 692. The molecule has 5 atom stereocenters. The molecule has 1 fully saturated rings. The number of esters is 1. The van der Waals surface area contributed by atoms with Gasteiger partial charge in [-0.15, -0.1) is 0 Å². The molecule has 0 aliphatic heterocycles. The van der Waals surface area contributed by atoms with E-state index >= 15 is 0 Å². The lowest BCUT2D eigenvalue weighted by atomic mass is 9.55. The van der Waals surface area contributed by atoms with E-state index in [4.69, 9.17) is 9.47 Å². The van der Waals surface area contributed by atoms with Crippen molar-refractivity contribution in [1.29, 1.82) is 0 Å².